The van der Waals surface area contributed by atoms with Crippen LogP contribution in [0.1, 0.15) is 10.5 Å². The number of nitrogens with one attached hydrogen (secondary N) is 2. The molecule has 7 heteroatoms. The molecule has 24 heavy (non-hydrogen) atoms. The SMILES string of the molecule is O=C(Nc1ccc(-c2nnco2)cc1)c1cc2cc(Cl)ccc2[nH]1. The molecule has 0 spiro atoms. The van der Waals surface area contributed by atoms with Crippen LogP contribution in [0.3, 0.4) is 0 Å². The zero-order chi connectivity index (χ0) is 16.5. The van der Waals surface area contributed by atoms with Crippen molar-refractivity contribution in [3.63, 3.8) is 0 Å². The van der Waals surface area contributed by atoms with Crippen molar-refractivity contribution >= 4 is 34.1 Å². The molecule has 118 valence electrons. The van der Waals surface area contributed by atoms with E-state index in [1.54, 1.807) is 36.4 Å². The van der Waals surface area contributed by atoms with Gasteiger partial charge in [-0.3, -0.25) is 4.79 Å². The van der Waals surface area contributed by atoms with E-state index in [1.165, 1.54) is 6.39 Å². The van der Waals surface area contributed by atoms with Crippen LogP contribution in [0.5, 0.6) is 0 Å². The second-order valence-corrected chi connectivity index (χ2v) is 5.63. The Labute approximate surface area is 141 Å². The molecule has 0 aliphatic heterocycles. The Kier molecular flexibility index (Phi) is 3.51. The van der Waals surface area contributed by atoms with Gasteiger partial charge in [0.1, 0.15) is 5.69 Å². The van der Waals surface area contributed by atoms with Gasteiger partial charge in [-0.05, 0) is 48.5 Å². The number of nitrogens with zero attached hydrogens (tertiary/aromatic N) is 2. The lowest BCUT2D eigenvalue weighted by Gasteiger charge is -2.04. The third kappa shape index (κ3) is 2.75. The maximum atomic E-state index is 12.4. The molecule has 0 saturated heterocycles. The quantitative estimate of drug-likeness (QED) is 0.588. The molecule has 0 aliphatic carbocycles. The number of carbonyl (C=O) groups excluding carboxylic acids is 1. The summed E-state index contributed by atoms with van der Waals surface area (Å²) in [7, 11) is 0. The number of amides is 1. The zero-order valence-electron chi connectivity index (χ0n) is 12.3. The number of anilines is 1. The van der Waals surface area contributed by atoms with E-state index >= 15 is 0 Å². The van der Waals surface area contributed by atoms with E-state index in [9.17, 15) is 4.79 Å². The largest absolute Gasteiger partial charge is 0.423 e. The minimum atomic E-state index is -0.229. The first kappa shape index (κ1) is 14.5. The van der Waals surface area contributed by atoms with Crippen molar-refractivity contribution < 1.29 is 9.21 Å². The summed E-state index contributed by atoms with van der Waals surface area (Å²) in [6.45, 7) is 0. The lowest BCUT2D eigenvalue weighted by molar-refractivity contribution is 0.102. The molecule has 4 aromatic rings. The summed E-state index contributed by atoms with van der Waals surface area (Å²) in [5.74, 6) is 0.202. The van der Waals surface area contributed by atoms with Gasteiger partial charge in [0.15, 0.2) is 0 Å². The molecule has 4 rings (SSSR count). The smallest absolute Gasteiger partial charge is 0.272 e. The molecule has 2 aromatic heterocycles. The van der Waals surface area contributed by atoms with Crippen LogP contribution in [0.2, 0.25) is 5.02 Å². The van der Waals surface area contributed by atoms with Crippen molar-refractivity contribution in [3.8, 4) is 11.5 Å². The summed E-state index contributed by atoms with van der Waals surface area (Å²) in [6, 6.07) is 14.3. The number of halogens is 1. The van der Waals surface area contributed by atoms with E-state index in [1.807, 2.05) is 12.1 Å². The van der Waals surface area contributed by atoms with E-state index in [4.69, 9.17) is 16.0 Å². The third-order valence-corrected chi connectivity index (χ3v) is 3.81. The maximum Gasteiger partial charge on any atom is 0.272 e. The van der Waals surface area contributed by atoms with Gasteiger partial charge in [0.2, 0.25) is 12.3 Å². The predicted molar refractivity (Wildman–Crippen MR) is 91.0 cm³/mol. The molecule has 0 atom stereocenters. The van der Waals surface area contributed by atoms with E-state index in [-0.39, 0.29) is 5.91 Å². The monoisotopic (exact) mass is 338 g/mol. The Bertz CT molecular complexity index is 1010. The first-order valence-electron chi connectivity index (χ1n) is 7.15. The number of aromatic nitrogens is 3. The van der Waals surface area contributed by atoms with Crippen LogP contribution in [-0.4, -0.2) is 21.1 Å². The van der Waals surface area contributed by atoms with Gasteiger partial charge in [-0.15, -0.1) is 10.2 Å². The number of hydrogen-bond acceptors (Lipinski definition) is 4. The van der Waals surface area contributed by atoms with Gasteiger partial charge in [0.25, 0.3) is 5.91 Å². The highest BCUT2D eigenvalue weighted by Crippen LogP contribution is 2.22. The second-order valence-electron chi connectivity index (χ2n) is 5.19. The zero-order valence-corrected chi connectivity index (χ0v) is 13.0. The molecule has 0 aliphatic rings. The summed E-state index contributed by atoms with van der Waals surface area (Å²) in [4.78, 5) is 15.4. The fourth-order valence-corrected chi connectivity index (χ4v) is 2.60. The van der Waals surface area contributed by atoms with Gasteiger partial charge in [-0.1, -0.05) is 11.6 Å². The minimum Gasteiger partial charge on any atom is -0.423 e. The van der Waals surface area contributed by atoms with Gasteiger partial charge >= 0.3 is 0 Å². The molecule has 2 heterocycles. The third-order valence-electron chi connectivity index (χ3n) is 3.58. The number of rotatable bonds is 3. The van der Waals surface area contributed by atoms with Crippen molar-refractivity contribution in [1.29, 1.82) is 0 Å². The molecular weight excluding hydrogens is 328 g/mol. The van der Waals surface area contributed by atoms with Crippen LogP contribution in [0.4, 0.5) is 5.69 Å². The Morgan fingerprint density at radius 2 is 1.96 bits per heavy atom. The number of H-pyrrole nitrogens is 1. The van der Waals surface area contributed by atoms with Crippen LogP contribution in [0, 0.1) is 0 Å². The minimum absolute atomic E-state index is 0.229. The normalized spacial score (nSPS) is 10.9. The highest BCUT2D eigenvalue weighted by atomic mass is 35.5. The van der Waals surface area contributed by atoms with E-state index in [2.05, 4.69) is 20.5 Å². The van der Waals surface area contributed by atoms with Crippen LogP contribution in [0.25, 0.3) is 22.4 Å². The van der Waals surface area contributed by atoms with Crippen LogP contribution in [0.15, 0.2) is 59.3 Å². The summed E-state index contributed by atoms with van der Waals surface area (Å²) in [5.41, 5.74) is 2.77. The Hall–Kier alpha value is -3.12. The van der Waals surface area contributed by atoms with Gasteiger partial charge < -0.3 is 14.7 Å². The molecule has 0 fully saturated rings. The van der Waals surface area contributed by atoms with Crippen molar-refractivity contribution in [2.75, 3.05) is 5.32 Å². The lowest BCUT2D eigenvalue weighted by Crippen LogP contribution is -2.12. The summed E-state index contributed by atoms with van der Waals surface area (Å²) >= 11 is 5.96. The highest BCUT2D eigenvalue weighted by molar-refractivity contribution is 6.31. The topological polar surface area (TPSA) is 83.8 Å². The summed E-state index contributed by atoms with van der Waals surface area (Å²) in [6.07, 6.45) is 1.27. The van der Waals surface area contributed by atoms with Gasteiger partial charge in [-0.25, -0.2) is 0 Å². The molecule has 6 nitrogen and oxygen atoms in total. The lowest BCUT2D eigenvalue weighted by atomic mass is 10.2. The van der Waals surface area contributed by atoms with Crippen molar-refractivity contribution in [2.45, 2.75) is 0 Å². The number of fused-ring (bicyclic) bond motifs is 1. The van der Waals surface area contributed by atoms with Gasteiger partial charge in [0, 0.05) is 27.2 Å². The number of carbonyl (C=O) groups is 1. The number of benzene rings is 2. The summed E-state index contributed by atoms with van der Waals surface area (Å²) < 4.78 is 5.13. The van der Waals surface area contributed by atoms with Crippen LogP contribution < -0.4 is 5.32 Å². The fourth-order valence-electron chi connectivity index (χ4n) is 2.42. The maximum absolute atomic E-state index is 12.4. The molecule has 0 bridgehead atoms. The van der Waals surface area contributed by atoms with Gasteiger partial charge in [0.05, 0.1) is 0 Å². The fraction of sp³-hybridized carbons (Fsp3) is 0. The Morgan fingerprint density at radius 1 is 1.12 bits per heavy atom. The Morgan fingerprint density at radius 3 is 2.71 bits per heavy atom. The summed E-state index contributed by atoms with van der Waals surface area (Å²) in [5, 5.41) is 11.8. The molecular formula is C17H11ClN4O2. The number of aromatic amines is 1. The average Bonchev–Trinajstić information content (AvgIpc) is 3.24. The van der Waals surface area contributed by atoms with Crippen molar-refractivity contribution in [1.82, 2.24) is 15.2 Å². The van der Waals surface area contributed by atoms with E-state index in [0.717, 1.165) is 16.5 Å². The van der Waals surface area contributed by atoms with Crippen LogP contribution in [-0.2, 0) is 0 Å². The van der Waals surface area contributed by atoms with E-state index in [0.29, 0.717) is 22.3 Å². The van der Waals surface area contributed by atoms with Gasteiger partial charge in [-0.2, -0.15) is 0 Å². The standard InChI is InChI=1S/C17H11ClN4O2/c18-12-3-6-14-11(7-12)8-15(21-14)16(23)20-13-4-1-10(2-5-13)17-22-19-9-24-17/h1-9,21H,(H,20,23). The first-order chi connectivity index (χ1) is 11.7. The van der Waals surface area contributed by atoms with Crippen LogP contribution >= 0.6 is 11.6 Å². The average molecular weight is 339 g/mol. The molecule has 2 aromatic carbocycles. The number of hydrogen-bond donors (Lipinski definition) is 2. The molecule has 1 amide bonds. The molecule has 0 unspecified atom stereocenters. The molecule has 0 radical (unpaired) electrons. The second kappa shape index (κ2) is 5.82. The Balaban J connectivity index is 1.54. The highest BCUT2D eigenvalue weighted by Gasteiger charge is 2.11. The van der Waals surface area contributed by atoms with Crippen molar-refractivity contribution in [2.24, 2.45) is 0 Å². The molecule has 2 N–H and O–H groups in total. The van der Waals surface area contributed by atoms with Crippen molar-refractivity contribution in [3.05, 3.63) is 65.6 Å². The molecule has 0 saturated carbocycles. The predicted octanol–water partition coefficient (Wildman–Crippen LogP) is 4.12. The first-order valence-corrected chi connectivity index (χ1v) is 7.53. The van der Waals surface area contributed by atoms with E-state index < -0.39 is 0 Å².